The Bertz CT molecular complexity index is 725. The number of rotatable bonds is 8. The summed E-state index contributed by atoms with van der Waals surface area (Å²) in [4.78, 5) is 26.3. The number of anilines is 1. The minimum absolute atomic E-state index is 0.0391. The van der Waals surface area contributed by atoms with Crippen LogP contribution in [0.1, 0.15) is 31.9 Å². The van der Waals surface area contributed by atoms with Crippen LogP contribution in [-0.2, 0) is 16.1 Å². The molecule has 0 bridgehead atoms. The van der Waals surface area contributed by atoms with Gasteiger partial charge in [-0.25, -0.2) is 0 Å². The van der Waals surface area contributed by atoms with E-state index in [0.717, 1.165) is 24.3 Å². The largest absolute Gasteiger partial charge is 0.494 e. The molecular weight excluding hydrogens is 332 g/mol. The van der Waals surface area contributed by atoms with Crippen molar-refractivity contribution in [2.45, 2.75) is 32.7 Å². The summed E-state index contributed by atoms with van der Waals surface area (Å²) < 4.78 is 10.8. The Morgan fingerprint density at radius 2 is 2.12 bits per heavy atom. The molecule has 0 spiro atoms. The highest BCUT2D eigenvalue weighted by Crippen LogP contribution is 2.27. The van der Waals surface area contributed by atoms with E-state index in [0.29, 0.717) is 25.5 Å². The van der Waals surface area contributed by atoms with Crippen molar-refractivity contribution in [1.82, 2.24) is 5.32 Å². The predicted molar refractivity (Wildman–Crippen MR) is 97.9 cm³/mol. The first-order chi connectivity index (χ1) is 12.7. The predicted octanol–water partition coefficient (Wildman–Crippen LogP) is 3.13. The lowest BCUT2D eigenvalue weighted by Gasteiger charge is -2.17. The van der Waals surface area contributed by atoms with Crippen LogP contribution in [0.5, 0.6) is 5.75 Å². The van der Waals surface area contributed by atoms with Crippen LogP contribution in [0.15, 0.2) is 47.1 Å². The molecule has 0 saturated carbocycles. The van der Waals surface area contributed by atoms with Crippen molar-refractivity contribution in [2.24, 2.45) is 5.92 Å². The van der Waals surface area contributed by atoms with Crippen LogP contribution in [0.3, 0.4) is 0 Å². The second-order valence-electron chi connectivity index (χ2n) is 6.40. The van der Waals surface area contributed by atoms with Gasteiger partial charge >= 0.3 is 0 Å². The van der Waals surface area contributed by atoms with Crippen molar-refractivity contribution in [3.05, 3.63) is 48.4 Å². The summed E-state index contributed by atoms with van der Waals surface area (Å²) in [6.07, 6.45) is 3.89. The molecule has 1 atom stereocenters. The fourth-order valence-corrected chi connectivity index (χ4v) is 2.92. The summed E-state index contributed by atoms with van der Waals surface area (Å²) in [5.41, 5.74) is 0.791. The van der Waals surface area contributed by atoms with Crippen molar-refractivity contribution in [1.29, 1.82) is 0 Å². The fourth-order valence-electron chi connectivity index (χ4n) is 2.92. The first kappa shape index (κ1) is 18.0. The quantitative estimate of drug-likeness (QED) is 0.738. The SMILES string of the molecule is CCCCOc1ccc(N2C[C@@H](C(=O)NCc3ccco3)CC2=O)cc1. The number of nitrogens with one attached hydrogen (secondary N) is 1. The van der Waals surface area contributed by atoms with Gasteiger partial charge in [0.25, 0.3) is 0 Å². The van der Waals surface area contributed by atoms with E-state index in [9.17, 15) is 9.59 Å². The second kappa shape index (κ2) is 8.56. The number of hydrogen-bond acceptors (Lipinski definition) is 4. The highest BCUT2D eigenvalue weighted by atomic mass is 16.5. The number of benzene rings is 1. The van der Waals surface area contributed by atoms with Crippen LogP contribution < -0.4 is 15.0 Å². The minimum Gasteiger partial charge on any atom is -0.494 e. The van der Waals surface area contributed by atoms with Gasteiger partial charge in [0.15, 0.2) is 0 Å². The van der Waals surface area contributed by atoms with Crippen LogP contribution in [-0.4, -0.2) is 25.0 Å². The molecule has 0 radical (unpaired) electrons. The number of furan rings is 1. The minimum atomic E-state index is -0.349. The van der Waals surface area contributed by atoms with E-state index in [4.69, 9.17) is 9.15 Å². The van der Waals surface area contributed by atoms with Gasteiger partial charge in [0.2, 0.25) is 11.8 Å². The van der Waals surface area contributed by atoms with Gasteiger partial charge in [-0.3, -0.25) is 9.59 Å². The number of hydrogen-bond donors (Lipinski definition) is 1. The highest BCUT2D eigenvalue weighted by molar-refractivity contribution is 6.00. The Morgan fingerprint density at radius 1 is 1.31 bits per heavy atom. The number of unbranched alkanes of at least 4 members (excludes halogenated alkanes) is 1. The van der Waals surface area contributed by atoms with Crippen molar-refractivity contribution < 1.29 is 18.7 Å². The van der Waals surface area contributed by atoms with Crippen LogP contribution >= 0.6 is 0 Å². The zero-order chi connectivity index (χ0) is 18.4. The molecule has 138 valence electrons. The van der Waals surface area contributed by atoms with E-state index >= 15 is 0 Å². The van der Waals surface area contributed by atoms with Gasteiger partial charge in [-0.15, -0.1) is 0 Å². The van der Waals surface area contributed by atoms with Gasteiger partial charge in [0.1, 0.15) is 11.5 Å². The maximum absolute atomic E-state index is 12.3. The molecule has 1 fully saturated rings. The lowest BCUT2D eigenvalue weighted by atomic mass is 10.1. The zero-order valence-electron chi connectivity index (χ0n) is 14.9. The van der Waals surface area contributed by atoms with Gasteiger partial charge in [-0.05, 0) is 42.8 Å². The Kier molecular flexibility index (Phi) is 5.94. The lowest BCUT2D eigenvalue weighted by Crippen LogP contribution is -2.32. The number of ether oxygens (including phenoxy) is 1. The van der Waals surface area contributed by atoms with Crippen LogP contribution in [0, 0.1) is 5.92 Å². The van der Waals surface area contributed by atoms with E-state index in [1.54, 1.807) is 23.3 Å². The van der Waals surface area contributed by atoms with Gasteiger partial charge in [-0.2, -0.15) is 0 Å². The number of nitrogens with zero attached hydrogens (tertiary/aromatic N) is 1. The number of carbonyl (C=O) groups excluding carboxylic acids is 2. The topological polar surface area (TPSA) is 71.8 Å². The molecule has 1 aromatic heterocycles. The van der Waals surface area contributed by atoms with E-state index in [-0.39, 0.29) is 24.2 Å². The third-order valence-electron chi connectivity index (χ3n) is 4.43. The van der Waals surface area contributed by atoms with E-state index in [2.05, 4.69) is 12.2 Å². The molecule has 2 amide bonds. The molecule has 3 rings (SSSR count). The molecule has 6 heteroatoms. The second-order valence-corrected chi connectivity index (χ2v) is 6.40. The molecule has 1 N–H and O–H groups in total. The third kappa shape index (κ3) is 4.45. The van der Waals surface area contributed by atoms with Gasteiger partial charge in [-0.1, -0.05) is 13.3 Å². The molecule has 26 heavy (non-hydrogen) atoms. The van der Waals surface area contributed by atoms with Crippen molar-refractivity contribution in [3.8, 4) is 5.75 Å². The monoisotopic (exact) mass is 356 g/mol. The molecule has 6 nitrogen and oxygen atoms in total. The zero-order valence-corrected chi connectivity index (χ0v) is 14.9. The number of carbonyl (C=O) groups is 2. The molecule has 0 unspecified atom stereocenters. The summed E-state index contributed by atoms with van der Waals surface area (Å²) in [6.45, 7) is 3.53. The maximum atomic E-state index is 12.3. The van der Waals surface area contributed by atoms with Crippen molar-refractivity contribution in [2.75, 3.05) is 18.1 Å². The van der Waals surface area contributed by atoms with E-state index in [1.807, 2.05) is 24.3 Å². The van der Waals surface area contributed by atoms with E-state index in [1.165, 1.54) is 0 Å². The summed E-state index contributed by atoms with van der Waals surface area (Å²) in [5, 5.41) is 2.83. The summed E-state index contributed by atoms with van der Waals surface area (Å²) in [6, 6.07) is 11.0. The summed E-state index contributed by atoms with van der Waals surface area (Å²) in [5.74, 6) is 0.970. The first-order valence-electron chi connectivity index (χ1n) is 9.00. The molecular formula is C20H24N2O4. The summed E-state index contributed by atoms with van der Waals surface area (Å²) in [7, 11) is 0. The van der Waals surface area contributed by atoms with Gasteiger partial charge < -0.3 is 19.4 Å². The molecule has 2 heterocycles. The molecule has 1 aliphatic rings. The molecule has 2 aromatic rings. The highest BCUT2D eigenvalue weighted by Gasteiger charge is 2.35. The molecule has 1 aromatic carbocycles. The normalized spacial score (nSPS) is 16.7. The standard InChI is InChI=1S/C20H24N2O4/c1-2-3-10-25-17-8-6-16(7-9-17)22-14-15(12-19(22)23)20(24)21-13-18-5-4-11-26-18/h4-9,11,15H,2-3,10,12-14H2,1H3,(H,21,24)/t15-/m0/s1. The maximum Gasteiger partial charge on any atom is 0.227 e. The summed E-state index contributed by atoms with van der Waals surface area (Å²) >= 11 is 0. The average molecular weight is 356 g/mol. The number of amides is 2. The average Bonchev–Trinajstić information content (AvgIpc) is 3.30. The Morgan fingerprint density at radius 3 is 2.81 bits per heavy atom. The van der Waals surface area contributed by atoms with Crippen molar-refractivity contribution in [3.63, 3.8) is 0 Å². The third-order valence-corrected chi connectivity index (χ3v) is 4.43. The van der Waals surface area contributed by atoms with Crippen molar-refractivity contribution >= 4 is 17.5 Å². The lowest BCUT2D eigenvalue weighted by molar-refractivity contribution is -0.126. The van der Waals surface area contributed by atoms with Gasteiger partial charge in [0, 0.05) is 18.7 Å². The first-order valence-corrected chi connectivity index (χ1v) is 9.00. The molecule has 1 saturated heterocycles. The van der Waals surface area contributed by atoms with Crippen LogP contribution in [0.4, 0.5) is 5.69 Å². The molecule has 0 aliphatic carbocycles. The Balaban J connectivity index is 1.54. The smallest absolute Gasteiger partial charge is 0.227 e. The Labute approximate surface area is 153 Å². The van der Waals surface area contributed by atoms with Crippen LogP contribution in [0.25, 0.3) is 0 Å². The Hall–Kier alpha value is -2.76. The van der Waals surface area contributed by atoms with Crippen LogP contribution in [0.2, 0.25) is 0 Å². The van der Waals surface area contributed by atoms with Gasteiger partial charge in [0.05, 0.1) is 25.3 Å². The fraction of sp³-hybridized carbons (Fsp3) is 0.400. The molecule has 1 aliphatic heterocycles. The van der Waals surface area contributed by atoms with E-state index < -0.39 is 0 Å².